The normalized spacial score (nSPS) is 30.6. The van der Waals surface area contributed by atoms with E-state index in [1.807, 2.05) is 26.8 Å². The summed E-state index contributed by atoms with van der Waals surface area (Å²) in [7, 11) is 0. The Kier molecular flexibility index (Phi) is 7.57. The molecule has 2 heterocycles. The maximum Gasteiger partial charge on any atom is 0.416 e. The smallest absolute Gasteiger partial charge is 0.416 e. The summed E-state index contributed by atoms with van der Waals surface area (Å²) in [5, 5.41) is 3.05. The second-order valence-corrected chi connectivity index (χ2v) is 11.6. The summed E-state index contributed by atoms with van der Waals surface area (Å²) in [6, 6.07) is 8.90. The molecule has 1 aliphatic heterocycles. The third kappa shape index (κ3) is 5.75. The number of fused-ring (bicyclic) bond motifs is 2. The first-order valence-corrected chi connectivity index (χ1v) is 13.8. The van der Waals surface area contributed by atoms with Crippen LogP contribution in [0.5, 0.6) is 0 Å². The maximum absolute atomic E-state index is 13.1. The van der Waals surface area contributed by atoms with E-state index >= 15 is 0 Å². The predicted molar refractivity (Wildman–Crippen MR) is 142 cm³/mol. The number of cyclic esters (lactones) is 1. The lowest BCUT2D eigenvalue weighted by atomic mass is 9.56. The number of hydrogen-bond acceptors (Lipinski definition) is 4. The molecule has 3 fully saturated rings. The van der Waals surface area contributed by atoms with E-state index in [1.165, 1.54) is 6.07 Å². The lowest BCUT2D eigenvalue weighted by molar-refractivity contribution is -0.144. The van der Waals surface area contributed by atoms with E-state index in [0.29, 0.717) is 22.7 Å². The first kappa shape index (κ1) is 27.4. The van der Waals surface area contributed by atoms with Crippen LogP contribution >= 0.6 is 0 Å². The Morgan fingerprint density at radius 3 is 2.62 bits per heavy atom. The van der Waals surface area contributed by atoms with Crippen LogP contribution in [0.4, 0.5) is 13.2 Å². The van der Waals surface area contributed by atoms with Gasteiger partial charge in [-0.1, -0.05) is 24.3 Å². The number of rotatable bonds is 5. The summed E-state index contributed by atoms with van der Waals surface area (Å²) >= 11 is 0. The first-order valence-electron chi connectivity index (χ1n) is 13.8. The quantitative estimate of drug-likeness (QED) is 0.438. The first-order chi connectivity index (χ1) is 18.5. The molecule has 8 heteroatoms. The number of halogens is 3. The Bertz CT molecular complexity index is 1240. The highest BCUT2D eigenvalue weighted by atomic mass is 19.4. The second kappa shape index (κ2) is 10.8. The Hall–Kier alpha value is -3.16. The van der Waals surface area contributed by atoms with Crippen molar-refractivity contribution >= 4 is 18.0 Å². The number of aromatic nitrogens is 1. The third-order valence-corrected chi connectivity index (χ3v) is 8.75. The van der Waals surface area contributed by atoms with E-state index in [-0.39, 0.29) is 53.6 Å². The van der Waals surface area contributed by atoms with Crippen LogP contribution in [0.2, 0.25) is 0 Å². The van der Waals surface area contributed by atoms with Gasteiger partial charge >= 0.3 is 12.1 Å². The van der Waals surface area contributed by atoms with Gasteiger partial charge in [0.1, 0.15) is 6.10 Å². The number of esters is 1. The molecule has 1 aromatic carbocycles. The highest BCUT2D eigenvalue weighted by Gasteiger charge is 2.54. The van der Waals surface area contributed by atoms with Crippen molar-refractivity contribution in [3.63, 3.8) is 0 Å². The van der Waals surface area contributed by atoms with Gasteiger partial charge in [0, 0.05) is 29.6 Å². The monoisotopic (exact) mass is 540 g/mol. The Balaban J connectivity index is 1.35. The molecule has 1 N–H and O–H groups in total. The molecule has 2 aromatic rings. The average molecular weight is 541 g/mol. The van der Waals surface area contributed by atoms with Gasteiger partial charge in [-0.15, -0.1) is 0 Å². The van der Waals surface area contributed by atoms with Crippen LogP contribution < -0.4 is 5.32 Å². The number of carbonyl (C=O) groups excluding carboxylic acids is 2. The average Bonchev–Trinajstić information content (AvgIpc) is 3.18. The molecule has 1 aromatic heterocycles. The molecule has 2 saturated carbocycles. The van der Waals surface area contributed by atoms with Gasteiger partial charge < -0.3 is 10.1 Å². The highest BCUT2D eigenvalue weighted by molar-refractivity contribution is 5.79. The van der Waals surface area contributed by atoms with Crippen LogP contribution in [0, 0.1) is 35.5 Å². The van der Waals surface area contributed by atoms with E-state index in [1.54, 1.807) is 24.4 Å². The molecule has 3 aliphatic rings. The Morgan fingerprint density at radius 1 is 1.13 bits per heavy atom. The molecular weight excluding hydrogens is 505 g/mol. The fraction of sp³-hybridized carbons (Fsp3) is 0.516. The van der Waals surface area contributed by atoms with Crippen LogP contribution in [-0.4, -0.2) is 29.0 Å². The number of pyridine rings is 1. The lowest BCUT2D eigenvalue weighted by Crippen LogP contribution is -2.46. The topological polar surface area (TPSA) is 68.3 Å². The number of alkyl halides is 3. The Morgan fingerprint density at radius 2 is 1.92 bits per heavy atom. The molecule has 1 saturated heterocycles. The zero-order chi connectivity index (χ0) is 27.9. The summed E-state index contributed by atoms with van der Waals surface area (Å²) in [6.45, 7) is 5.89. The summed E-state index contributed by atoms with van der Waals surface area (Å²) in [4.78, 5) is 30.0. The number of amides is 1. The molecular formula is C31H35F3N2O3. The molecule has 0 unspecified atom stereocenters. The molecule has 7 atom stereocenters. The van der Waals surface area contributed by atoms with Gasteiger partial charge in [-0.3, -0.25) is 14.6 Å². The fourth-order valence-corrected chi connectivity index (χ4v) is 7.02. The lowest BCUT2D eigenvalue weighted by Gasteiger charge is -2.47. The number of benzene rings is 1. The number of ether oxygens (including phenoxy) is 1. The van der Waals surface area contributed by atoms with Gasteiger partial charge in [-0.25, -0.2) is 0 Å². The van der Waals surface area contributed by atoms with Crippen molar-refractivity contribution < 1.29 is 27.5 Å². The van der Waals surface area contributed by atoms with Gasteiger partial charge in [0.25, 0.3) is 0 Å². The third-order valence-electron chi connectivity index (χ3n) is 8.75. The van der Waals surface area contributed by atoms with Crippen molar-refractivity contribution in [3.05, 3.63) is 59.9 Å². The summed E-state index contributed by atoms with van der Waals surface area (Å²) in [6.07, 6.45) is 4.40. The predicted octanol–water partition coefficient (Wildman–Crippen LogP) is 6.54. The zero-order valence-electron chi connectivity index (χ0n) is 22.4. The minimum atomic E-state index is -4.40. The number of nitrogens with one attached hydrogen (secondary N) is 1. The molecule has 208 valence electrons. The maximum atomic E-state index is 13.1. The van der Waals surface area contributed by atoms with Gasteiger partial charge in [-0.05, 0) is 94.0 Å². The number of carbonyl (C=O) groups is 2. The van der Waals surface area contributed by atoms with Crippen LogP contribution in [0.3, 0.4) is 0 Å². The zero-order valence-corrected chi connectivity index (χ0v) is 22.4. The molecule has 39 heavy (non-hydrogen) atoms. The molecule has 5 nitrogen and oxygen atoms in total. The summed E-state index contributed by atoms with van der Waals surface area (Å²) in [5.74, 6) is 0.591. The largest absolute Gasteiger partial charge is 0.462 e. The molecule has 1 amide bonds. The fourth-order valence-electron chi connectivity index (χ4n) is 7.02. The molecule has 0 bridgehead atoms. The highest BCUT2D eigenvalue weighted by Crippen LogP contribution is 2.54. The molecule has 5 rings (SSSR count). The van der Waals surface area contributed by atoms with Gasteiger partial charge in [0.05, 0.1) is 17.2 Å². The minimum absolute atomic E-state index is 0.0327. The summed E-state index contributed by atoms with van der Waals surface area (Å²) in [5.41, 5.74) is 1.08. The van der Waals surface area contributed by atoms with Crippen molar-refractivity contribution in [2.75, 3.05) is 0 Å². The van der Waals surface area contributed by atoms with Crippen molar-refractivity contribution in [2.24, 2.45) is 35.5 Å². The molecule has 0 radical (unpaired) electrons. The van der Waals surface area contributed by atoms with Crippen LogP contribution in [0.25, 0.3) is 17.2 Å². The number of hydrogen-bond donors (Lipinski definition) is 1. The molecule has 0 spiro atoms. The van der Waals surface area contributed by atoms with Crippen molar-refractivity contribution in [2.45, 2.75) is 64.8 Å². The van der Waals surface area contributed by atoms with E-state index in [4.69, 9.17) is 4.74 Å². The molecule has 2 aliphatic carbocycles. The second-order valence-electron chi connectivity index (χ2n) is 11.6. The van der Waals surface area contributed by atoms with Crippen LogP contribution in [0.15, 0.2) is 48.7 Å². The van der Waals surface area contributed by atoms with E-state index in [2.05, 4.69) is 16.4 Å². The standard InChI is InChI=1S/C31H35F3N2O3/c1-17(2)36-29(37)20-8-11-25-22(13-20)15-27-28(18(3)39-30(27)38)26(25)12-10-24-9-7-21(16-35-24)19-5-4-6-23(14-19)31(32,33)34/h4-7,9-10,12,14,16-18,20,22,25-28H,8,11,13,15H2,1-3H3,(H,36,37)/b12-10+/t18-,20-,22+,25-,26+,27-,28+/m1/s1. The van der Waals surface area contributed by atoms with E-state index in [9.17, 15) is 22.8 Å². The number of nitrogens with zero attached hydrogens (tertiary/aromatic N) is 1. The number of allylic oxidation sites excluding steroid dienone is 1. The van der Waals surface area contributed by atoms with Gasteiger partial charge in [-0.2, -0.15) is 13.2 Å². The van der Waals surface area contributed by atoms with Crippen molar-refractivity contribution in [1.82, 2.24) is 10.3 Å². The van der Waals surface area contributed by atoms with Crippen LogP contribution in [0.1, 0.15) is 57.7 Å². The minimum Gasteiger partial charge on any atom is -0.462 e. The van der Waals surface area contributed by atoms with E-state index in [0.717, 1.165) is 37.8 Å². The Labute approximate surface area is 227 Å². The summed E-state index contributed by atoms with van der Waals surface area (Å²) < 4.78 is 45.0. The van der Waals surface area contributed by atoms with Crippen molar-refractivity contribution in [3.8, 4) is 11.1 Å². The van der Waals surface area contributed by atoms with Gasteiger partial charge in [0.2, 0.25) is 5.91 Å². The van der Waals surface area contributed by atoms with E-state index < -0.39 is 11.7 Å². The van der Waals surface area contributed by atoms with Crippen molar-refractivity contribution in [1.29, 1.82) is 0 Å². The SMILES string of the molecule is CC(C)NC(=O)[C@@H]1CC[C@@H]2[C@@H](C1)C[C@H]1C(=O)O[C@H](C)[C@H]1[C@H]2/C=C/c1ccc(-c2cccc(C(F)(F)F)c2)cn1. The van der Waals surface area contributed by atoms with Gasteiger partial charge in [0.15, 0.2) is 0 Å². The van der Waals surface area contributed by atoms with Crippen LogP contribution in [-0.2, 0) is 20.5 Å².